The van der Waals surface area contributed by atoms with Gasteiger partial charge in [0, 0.05) is 18.8 Å². The molecular formula is C14H19N3O3. The predicted molar refractivity (Wildman–Crippen MR) is 73.6 cm³/mol. The van der Waals surface area contributed by atoms with Crippen LogP contribution in [-0.2, 0) is 4.74 Å². The van der Waals surface area contributed by atoms with Crippen molar-refractivity contribution in [2.24, 2.45) is 0 Å². The molecule has 0 aliphatic carbocycles. The van der Waals surface area contributed by atoms with Crippen LogP contribution in [0.25, 0.3) is 0 Å². The van der Waals surface area contributed by atoms with Gasteiger partial charge in [0.25, 0.3) is 5.56 Å². The Bertz CT molecular complexity index is 634. The molecule has 1 atom stereocenters. The summed E-state index contributed by atoms with van der Waals surface area (Å²) in [6.45, 7) is 4.73. The minimum Gasteiger partial charge on any atom is -0.375 e. The van der Waals surface area contributed by atoms with Gasteiger partial charge in [-0.05, 0) is 25.7 Å². The van der Waals surface area contributed by atoms with E-state index in [-0.39, 0.29) is 17.2 Å². The highest BCUT2D eigenvalue weighted by atomic mass is 16.5. The third-order valence-electron chi connectivity index (χ3n) is 4.24. The maximum absolute atomic E-state index is 12.0. The van der Waals surface area contributed by atoms with Crippen molar-refractivity contribution in [1.82, 2.24) is 9.55 Å². The first kappa shape index (κ1) is 14.5. The lowest BCUT2D eigenvalue weighted by atomic mass is 9.86. The van der Waals surface area contributed by atoms with E-state index in [1.165, 1.54) is 10.8 Å². The highest BCUT2D eigenvalue weighted by Crippen LogP contribution is 2.36. The maximum atomic E-state index is 12.0. The average molecular weight is 277 g/mol. The lowest BCUT2D eigenvalue weighted by Crippen LogP contribution is -2.43. The van der Waals surface area contributed by atoms with E-state index in [1.54, 1.807) is 0 Å². The first-order valence-electron chi connectivity index (χ1n) is 6.94. The summed E-state index contributed by atoms with van der Waals surface area (Å²) in [4.78, 5) is 25.6. The molecule has 2 heterocycles. The minimum absolute atomic E-state index is 0.0327. The summed E-state index contributed by atoms with van der Waals surface area (Å²) >= 11 is 0. The van der Waals surface area contributed by atoms with E-state index in [4.69, 9.17) is 10.00 Å². The van der Waals surface area contributed by atoms with E-state index < -0.39 is 11.2 Å². The number of rotatable bonds is 3. The van der Waals surface area contributed by atoms with Gasteiger partial charge in [0.15, 0.2) is 0 Å². The molecule has 1 N–H and O–H groups in total. The zero-order valence-corrected chi connectivity index (χ0v) is 11.8. The fourth-order valence-electron chi connectivity index (χ4n) is 2.82. The van der Waals surface area contributed by atoms with Crippen LogP contribution in [0.5, 0.6) is 0 Å². The predicted octanol–water partition coefficient (Wildman–Crippen LogP) is 1.32. The summed E-state index contributed by atoms with van der Waals surface area (Å²) in [6.07, 6.45) is 4.55. The lowest BCUT2D eigenvalue weighted by Gasteiger charge is -2.40. The van der Waals surface area contributed by atoms with E-state index in [1.807, 2.05) is 6.07 Å². The largest absolute Gasteiger partial charge is 0.375 e. The second kappa shape index (κ2) is 5.63. The van der Waals surface area contributed by atoms with Crippen LogP contribution in [0.3, 0.4) is 0 Å². The van der Waals surface area contributed by atoms with E-state index >= 15 is 0 Å². The molecule has 1 fully saturated rings. The van der Waals surface area contributed by atoms with Crippen molar-refractivity contribution in [3.63, 3.8) is 0 Å². The average Bonchev–Trinajstić information content (AvgIpc) is 2.47. The number of ether oxygens (including phenoxy) is 1. The van der Waals surface area contributed by atoms with Crippen molar-refractivity contribution in [3.05, 3.63) is 32.6 Å². The third kappa shape index (κ3) is 2.54. The third-order valence-corrected chi connectivity index (χ3v) is 4.24. The van der Waals surface area contributed by atoms with Crippen LogP contribution >= 0.6 is 0 Å². The number of H-pyrrole nitrogens is 1. The zero-order valence-electron chi connectivity index (χ0n) is 11.8. The summed E-state index contributed by atoms with van der Waals surface area (Å²) in [5, 5.41) is 8.92. The fraction of sp³-hybridized carbons (Fsp3) is 0.643. The number of hydrogen-bond donors (Lipinski definition) is 1. The van der Waals surface area contributed by atoms with Gasteiger partial charge in [0.2, 0.25) is 0 Å². The summed E-state index contributed by atoms with van der Waals surface area (Å²) in [5.74, 6) is 0. The van der Waals surface area contributed by atoms with Gasteiger partial charge in [-0.3, -0.25) is 14.3 Å². The summed E-state index contributed by atoms with van der Waals surface area (Å²) in [5.41, 5.74) is -1.33. The summed E-state index contributed by atoms with van der Waals surface area (Å²) < 4.78 is 7.36. The molecule has 0 aromatic carbocycles. The van der Waals surface area contributed by atoms with Gasteiger partial charge in [0.05, 0.1) is 5.60 Å². The molecule has 108 valence electrons. The van der Waals surface area contributed by atoms with Crippen molar-refractivity contribution >= 4 is 0 Å². The Balaban J connectivity index is 2.39. The molecule has 1 aromatic heterocycles. The highest BCUT2D eigenvalue weighted by Gasteiger charge is 2.35. The van der Waals surface area contributed by atoms with E-state index in [9.17, 15) is 9.59 Å². The van der Waals surface area contributed by atoms with Crippen molar-refractivity contribution in [3.8, 4) is 6.07 Å². The molecule has 6 heteroatoms. The number of nitrogens with one attached hydrogen (secondary N) is 1. The van der Waals surface area contributed by atoms with Crippen LogP contribution in [0.2, 0.25) is 0 Å². The molecule has 0 radical (unpaired) electrons. The van der Waals surface area contributed by atoms with Crippen LogP contribution in [0.4, 0.5) is 0 Å². The summed E-state index contributed by atoms with van der Waals surface area (Å²) in [7, 11) is 0. The molecule has 1 saturated heterocycles. The van der Waals surface area contributed by atoms with Gasteiger partial charge in [-0.25, -0.2) is 4.79 Å². The molecule has 20 heavy (non-hydrogen) atoms. The fourth-order valence-corrected chi connectivity index (χ4v) is 2.82. The number of aromatic amines is 1. The molecule has 0 amide bonds. The van der Waals surface area contributed by atoms with Crippen molar-refractivity contribution < 1.29 is 4.74 Å². The first-order valence-corrected chi connectivity index (χ1v) is 6.94. The van der Waals surface area contributed by atoms with Crippen molar-refractivity contribution in [2.45, 2.75) is 51.2 Å². The van der Waals surface area contributed by atoms with Crippen molar-refractivity contribution in [2.75, 3.05) is 6.61 Å². The smallest absolute Gasteiger partial charge is 0.328 e. The van der Waals surface area contributed by atoms with Crippen LogP contribution in [-0.4, -0.2) is 21.8 Å². The van der Waals surface area contributed by atoms with Crippen molar-refractivity contribution in [1.29, 1.82) is 5.26 Å². The van der Waals surface area contributed by atoms with Crippen LogP contribution in [0, 0.1) is 11.3 Å². The first-order chi connectivity index (χ1) is 9.55. The Labute approximate surface area is 117 Å². The van der Waals surface area contributed by atoms with Crippen LogP contribution in [0.1, 0.15) is 51.1 Å². The quantitative estimate of drug-likeness (QED) is 0.902. The number of nitriles is 1. The Kier molecular flexibility index (Phi) is 4.09. The van der Waals surface area contributed by atoms with E-state index in [0.29, 0.717) is 13.0 Å². The number of hydrogen-bond acceptors (Lipinski definition) is 4. The topological polar surface area (TPSA) is 87.9 Å². The summed E-state index contributed by atoms with van der Waals surface area (Å²) in [6, 6.07) is 1.77. The molecule has 1 aliphatic rings. The van der Waals surface area contributed by atoms with Crippen LogP contribution in [0.15, 0.2) is 15.8 Å². The normalized spacial score (nSPS) is 21.4. The number of aromatic nitrogens is 2. The number of nitrogens with zero attached hydrogens (tertiary/aromatic N) is 2. The SMILES string of the molecule is CCC1(CC)CC(n2cc(C#N)c(=O)[nH]c2=O)CCO1. The second-order valence-electron chi connectivity index (χ2n) is 5.21. The van der Waals surface area contributed by atoms with Gasteiger partial charge in [0.1, 0.15) is 11.6 Å². The Morgan fingerprint density at radius 2 is 2.20 bits per heavy atom. The lowest BCUT2D eigenvalue weighted by molar-refractivity contribution is -0.0992. The molecular weight excluding hydrogens is 258 g/mol. The second-order valence-corrected chi connectivity index (χ2v) is 5.21. The molecule has 1 unspecified atom stereocenters. The molecule has 6 nitrogen and oxygen atoms in total. The molecule has 2 rings (SSSR count). The van der Waals surface area contributed by atoms with Gasteiger partial charge < -0.3 is 4.74 Å². The van der Waals surface area contributed by atoms with Crippen LogP contribution < -0.4 is 11.2 Å². The van der Waals surface area contributed by atoms with E-state index in [0.717, 1.165) is 19.3 Å². The van der Waals surface area contributed by atoms with Gasteiger partial charge in [-0.15, -0.1) is 0 Å². The Hall–Kier alpha value is -1.87. The monoisotopic (exact) mass is 277 g/mol. The standard InChI is InChI=1S/C14H19N3O3/c1-3-14(4-2)7-11(5-6-20-14)17-9-10(8-15)12(18)16-13(17)19/h9,11H,3-7H2,1-2H3,(H,16,18,19). The zero-order chi connectivity index (χ0) is 14.8. The highest BCUT2D eigenvalue weighted by molar-refractivity contribution is 5.22. The Morgan fingerprint density at radius 3 is 2.80 bits per heavy atom. The molecule has 0 bridgehead atoms. The minimum atomic E-state index is -0.627. The van der Waals surface area contributed by atoms with Gasteiger partial charge in [-0.2, -0.15) is 5.26 Å². The van der Waals surface area contributed by atoms with Gasteiger partial charge in [-0.1, -0.05) is 13.8 Å². The molecule has 1 aromatic rings. The maximum Gasteiger partial charge on any atom is 0.328 e. The molecule has 1 aliphatic heterocycles. The molecule has 0 saturated carbocycles. The van der Waals surface area contributed by atoms with Gasteiger partial charge >= 0.3 is 5.69 Å². The van der Waals surface area contributed by atoms with E-state index in [2.05, 4.69) is 18.8 Å². The Morgan fingerprint density at radius 1 is 1.50 bits per heavy atom. The molecule has 0 spiro atoms.